The fraction of sp³-hybridized carbons (Fsp3) is 0.0294. The molecule has 0 saturated heterocycles. The number of carboxylic acids is 2. The second kappa shape index (κ2) is 23.8. The zero-order valence-corrected chi connectivity index (χ0v) is 47.8. The molecule has 0 aliphatic carbocycles. The van der Waals surface area contributed by atoms with Gasteiger partial charge < -0.3 is 28.7 Å². The maximum Gasteiger partial charge on any atom is 2.00 e. The van der Waals surface area contributed by atoms with Crippen LogP contribution in [0.1, 0.15) is 13.8 Å². The number of hydrogen-bond donors (Lipinski definition) is 2. The van der Waals surface area contributed by atoms with Crippen molar-refractivity contribution in [3.8, 4) is 34.4 Å². The molecule has 0 unspecified atom stereocenters. The number of fused-ring (bicyclic) bond motifs is 18. The minimum absolute atomic E-state index is 0. The monoisotopic (exact) mass is 1280 g/mol. The molecule has 16 aromatic rings. The van der Waals surface area contributed by atoms with E-state index in [4.69, 9.17) is 34.3 Å². The van der Waals surface area contributed by atoms with Crippen molar-refractivity contribution in [1.29, 1.82) is 0 Å². The van der Waals surface area contributed by atoms with E-state index < -0.39 is 11.9 Å². The number of aromatic nitrogens is 8. The van der Waals surface area contributed by atoms with E-state index in [9.17, 15) is 0 Å². The summed E-state index contributed by atoms with van der Waals surface area (Å²) in [6, 6.07) is 72.9. The molecule has 8 aromatic heterocycles. The second-order valence-corrected chi connectivity index (χ2v) is 19.2. The molecule has 16 rings (SSSR count). The number of pyridine rings is 4. The van der Waals surface area contributed by atoms with Crippen molar-refractivity contribution in [2.45, 2.75) is 13.8 Å². The van der Waals surface area contributed by atoms with Gasteiger partial charge >= 0.3 is 20.4 Å². The van der Waals surface area contributed by atoms with Crippen molar-refractivity contribution in [1.82, 2.24) is 37.9 Å². The minimum atomic E-state index is -0.833. The molecule has 8 heterocycles. The number of benzene rings is 8. The molecular weight excluding hydrogens is 1240 g/mol. The van der Waals surface area contributed by atoms with Crippen LogP contribution in [0.4, 0.5) is 0 Å². The van der Waals surface area contributed by atoms with Gasteiger partial charge in [-0.05, 0) is 89.6 Å². The summed E-state index contributed by atoms with van der Waals surface area (Å²) in [5.41, 5.74) is 9.92. The third-order valence-electron chi connectivity index (χ3n) is 14.0. The fourth-order valence-electron chi connectivity index (χ4n) is 10.8. The third kappa shape index (κ3) is 10.5. The van der Waals surface area contributed by atoms with Crippen LogP contribution in [-0.4, -0.2) is 60.0 Å². The Morgan fingerprint density at radius 2 is 0.881 bits per heavy atom. The zero-order chi connectivity index (χ0) is 55.8. The van der Waals surface area contributed by atoms with Gasteiger partial charge in [0, 0.05) is 127 Å². The zero-order valence-electron chi connectivity index (χ0n) is 44.7. The van der Waals surface area contributed by atoms with Gasteiger partial charge in [0.1, 0.15) is 28.4 Å². The van der Waals surface area contributed by atoms with Crippen LogP contribution in [0.5, 0.6) is 23.0 Å². The van der Waals surface area contributed by atoms with E-state index in [1.165, 1.54) is 10.8 Å². The summed E-state index contributed by atoms with van der Waals surface area (Å²) in [5.74, 6) is 1.08. The molecule has 0 radical (unpaired) electrons. The van der Waals surface area contributed by atoms with Gasteiger partial charge in [0.25, 0.3) is 11.9 Å². The molecule has 0 saturated carbocycles. The van der Waals surface area contributed by atoms with Crippen molar-refractivity contribution in [3.05, 3.63) is 243 Å². The Labute approximate surface area is 506 Å². The van der Waals surface area contributed by atoms with E-state index in [0.717, 1.165) is 124 Å². The normalized spacial score (nSPS) is 11.0. The van der Waals surface area contributed by atoms with Gasteiger partial charge in [-0.2, -0.15) is 6.07 Å². The molecule has 16 heteroatoms. The van der Waals surface area contributed by atoms with Crippen LogP contribution in [0.25, 0.3) is 110 Å². The molecule has 0 aliphatic rings. The van der Waals surface area contributed by atoms with E-state index in [1.54, 1.807) is 0 Å². The average Bonchev–Trinajstić information content (AvgIpc) is 2.28. The number of carboxylic acid groups (broad SMARTS) is 2. The molecule has 414 valence electrons. The van der Waals surface area contributed by atoms with Gasteiger partial charge in [-0.15, -0.1) is 30.3 Å². The summed E-state index contributed by atoms with van der Waals surface area (Å²) in [5, 5.41) is 26.0. The van der Waals surface area contributed by atoms with Crippen LogP contribution < -0.4 is 9.47 Å². The predicted molar refractivity (Wildman–Crippen MR) is 322 cm³/mol. The van der Waals surface area contributed by atoms with Crippen LogP contribution >= 0.6 is 0 Å². The van der Waals surface area contributed by atoms with Crippen molar-refractivity contribution >= 4 is 110 Å². The molecule has 0 fully saturated rings. The van der Waals surface area contributed by atoms with Crippen molar-refractivity contribution in [2.75, 3.05) is 0 Å². The Kier molecular flexibility index (Phi) is 15.8. The van der Waals surface area contributed by atoms with E-state index in [0.29, 0.717) is 11.5 Å². The molecule has 0 atom stereocenters. The summed E-state index contributed by atoms with van der Waals surface area (Å²) in [7, 11) is 0. The molecule has 0 spiro atoms. The number of rotatable bonds is 6. The second-order valence-electron chi connectivity index (χ2n) is 19.2. The van der Waals surface area contributed by atoms with Crippen molar-refractivity contribution in [3.63, 3.8) is 0 Å². The number of carbonyl (C=O) groups is 2. The largest absolute Gasteiger partial charge is 2.00 e. The van der Waals surface area contributed by atoms with Gasteiger partial charge in [0.05, 0.1) is 27.9 Å². The summed E-state index contributed by atoms with van der Waals surface area (Å²) in [6.07, 6.45) is 11.3. The van der Waals surface area contributed by atoms with E-state index in [1.807, 2.05) is 104 Å². The Morgan fingerprint density at radius 3 is 1.52 bits per heavy atom. The number of nitrogens with zero attached hydrogens (tertiary/aromatic N) is 8. The molecule has 2 N–H and O–H groups in total. The summed E-state index contributed by atoms with van der Waals surface area (Å²) in [4.78, 5) is 36.6. The summed E-state index contributed by atoms with van der Waals surface area (Å²) >= 11 is 0. The molecule has 0 amide bonds. The van der Waals surface area contributed by atoms with E-state index >= 15 is 0 Å². The minimum Gasteiger partial charge on any atom is -0.503 e. The van der Waals surface area contributed by atoms with Crippen molar-refractivity contribution < 1.29 is 70.1 Å². The number of imidazole rings is 2. The summed E-state index contributed by atoms with van der Waals surface area (Å²) < 4.78 is 21.3. The Balaban J connectivity index is 0.000000153. The number of aliphatic carboxylic acids is 2. The summed E-state index contributed by atoms with van der Waals surface area (Å²) in [6.45, 7) is 2.17. The maximum absolute atomic E-state index is 9.00. The quantitative estimate of drug-likeness (QED) is 0.0930. The van der Waals surface area contributed by atoms with Crippen LogP contribution in [0.2, 0.25) is 0 Å². The third-order valence-corrected chi connectivity index (χ3v) is 14.0. The van der Waals surface area contributed by atoms with Crippen LogP contribution in [0, 0.1) is 12.1 Å². The number of para-hydroxylation sites is 4. The van der Waals surface area contributed by atoms with Gasteiger partial charge in [-0.3, -0.25) is 23.5 Å². The van der Waals surface area contributed by atoms with Gasteiger partial charge in [-0.1, -0.05) is 101 Å². The molecule has 14 nitrogen and oxygen atoms in total. The van der Waals surface area contributed by atoms with Gasteiger partial charge in [0.15, 0.2) is 0 Å². The van der Waals surface area contributed by atoms with Crippen LogP contribution in [-0.2, 0) is 50.4 Å². The first-order valence-corrected chi connectivity index (χ1v) is 26.2. The van der Waals surface area contributed by atoms with Gasteiger partial charge in [-0.25, -0.2) is 15.0 Å². The molecular formula is C68H46N8O6Pd2. The smallest absolute Gasteiger partial charge is 0.503 e. The van der Waals surface area contributed by atoms with E-state index in [2.05, 4.69) is 172 Å². The maximum atomic E-state index is 9.00. The fourth-order valence-corrected chi connectivity index (χ4v) is 10.8. The molecule has 8 aromatic carbocycles. The van der Waals surface area contributed by atoms with Crippen molar-refractivity contribution in [2.24, 2.45) is 0 Å². The Morgan fingerprint density at radius 1 is 0.405 bits per heavy atom. The molecule has 84 heavy (non-hydrogen) atoms. The van der Waals surface area contributed by atoms with Gasteiger partial charge in [0.2, 0.25) is 0 Å². The predicted octanol–water partition coefficient (Wildman–Crippen LogP) is 15.6. The number of hydrogen-bond acceptors (Lipinski definition) is 8. The standard InChI is InChI=1S/C32H20N4O.C32H18N4O.2C2H4O2.2Pd/c2*1-3-12-29-25(9-1)24-15-14-23(20-28(24)31-34-17-18-35(29)31)37-22-8-5-7-21(19-22)36-30-13-4-2-10-26(30)27-11-6-16-33-32(27)36;2*1-2(3)4;;/h1-20H;1-18H;2*1H3,(H,3,4);;/q;-2;;;;+2. The first-order chi connectivity index (χ1) is 40.2. The topological polar surface area (TPSA) is 163 Å². The van der Waals surface area contributed by atoms with E-state index in [-0.39, 0.29) is 40.8 Å². The average molecular weight is 1280 g/mol. The molecule has 0 aliphatic heterocycles. The SMILES string of the molecule is CC(=O)O.CC(=O)O.[Pd+2].[Pd].[c-]1c(Oc2[c-]c3c(cc2)c2ccccc2n2ccnc32)cccc1-n1c2ccccc2c2cccnc21.c1cc(Oc2ccc3c4ccccc4n4ccnc4c3c2)cc(-n2c3ccccc3c3cccnc32)c1. The first-order valence-electron chi connectivity index (χ1n) is 26.2. The Bertz CT molecular complexity index is 4710. The molecule has 0 bridgehead atoms. The first kappa shape index (κ1) is 55.8. The Hall–Kier alpha value is -10.1. The number of ether oxygens (including phenoxy) is 2. The van der Waals surface area contributed by atoms with Crippen LogP contribution in [0.3, 0.4) is 0 Å². The van der Waals surface area contributed by atoms with Crippen LogP contribution in [0.15, 0.2) is 231 Å².